The fourth-order valence-electron chi connectivity index (χ4n) is 2.00. The van der Waals surface area contributed by atoms with Gasteiger partial charge in [-0.15, -0.1) is 0 Å². The molecule has 3 heteroatoms. The monoisotopic (exact) mass is 272 g/mol. The molecule has 2 rings (SSSR count). The van der Waals surface area contributed by atoms with Crippen LogP contribution in [0.1, 0.15) is 11.1 Å². The highest BCUT2D eigenvalue weighted by molar-refractivity contribution is 5.39. The zero-order valence-corrected chi connectivity index (χ0v) is 12.2. The van der Waals surface area contributed by atoms with E-state index in [1.54, 1.807) is 7.11 Å². The zero-order valence-electron chi connectivity index (χ0n) is 12.2. The topological polar surface area (TPSA) is 27.7 Å². The largest absolute Gasteiger partial charge is 0.493 e. The van der Waals surface area contributed by atoms with Gasteiger partial charge >= 0.3 is 0 Å². The van der Waals surface area contributed by atoms with E-state index >= 15 is 0 Å². The third-order valence-electron chi connectivity index (χ3n) is 3.00. The second-order valence-corrected chi connectivity index (χ2v) is 4.62. The SMILES string of the molecule is COc1ccccc1OCCOc1ccc(C)cc1C. The molecule has 0 aliphatic carbocycles. The highest BCUT2D eigenvalue weighted by Crippen LogP contribution is 2.25. The molecule has 0 spiro atoms. The Kier molecular flexibility index (Phi) is 4.88. The van der Waals surface area contributed by atoms with Crippen molar-refractivity contribution in [3.05, 3.63) is 53.6 Å². The lowest BCUT2D eigenvalue weighted by molar-refractivity contribution is 0.210. The third kappa shape index (κ3) is 3.67. The Bertz CT molecular complexity index is 564. The Hall–Kier alpha value is -2.16. The molecule has 2 aromatic carbocycles. The molecule has 0 amide bonds. The van der Waals surface area contributed by atoms with E-state index in [2.05, 4.69) is 13.0 Å². The molecule has 2 aromatic rings. The van der Waals surface area contributed by atoms with Crippen LogP contribution in [0, 0.1) is 13.8 Å². The van der Waals surface area contributed by atoms with Gasteiger partial charge in [0, 0.05) is 0 Å². The third-order valence-corrected chi connectivity index (χ3v) is 3.00. The van der Waals surface area contributed by atoms with Crippen molar-refractivity contribution < 1.29 is 14.2 Å². The molecular weight excluding hydrogens is 252 g/mol. The second-order valence-electron chi connectivity index (χ2n) is 4.62. The molecule has 0 aromatic heterocycles. The number of rotatable bonds is 6. The van der Waals surface area contributed by atoms with E-state index in [0.717, 1.165) is 22.8 Å². The molecule has 0 atom stereocenters. The number of hydrogen-bond acceptors (Lipinski definition) is 3. The lowest BCUT2D eigenvalue weighted by atomic mass is 10.1. The second kappa shape index (κ2) is 6.85. The molecule has 0 saturated heterocycles. The Labute approximate surface area is 120 Å². The first kappa shape index (κ1) is 14.3. The molecule has 3 nitrogen and oxygen atoms in total. The van der Waals surface area contributed by atoms with Crippen LogP contribution in [0.5, 0.6) is 17.2 Å². The first-order chi connectivity index (χ1) is 9.70. The summed E-state index contributed by atoms with van der Waals surface area (Å²) in [6.07, 6.45) is 0. The van der Waals surface area contributed by atoms with Gasteiger partial charge in [0.25, 0.3) is 0 Å². The van der Waals surface area contributed by atoms with Crippen LogP contribution in [0.3, 0.4) is 0 Å². The van der Waals surface area contributed by atoms with E-state index in [-0.39, 0.29) is 0 Å². The van der Waals surface area contributed by atoms with Crippen LogP contribution in [0.25, 0.3) is 0 Å². The first-order valence-electron chi connectivity index (χ1n) is 6.66. The molecule has 0 aliphatic rings. The summed E-state index contributed by atoms with van der Waals surface area (Å²) >= 11 is 0. The normalized spacial score (nSPS) is 10.2. The summed E-state index contributed by atoms with van der Waals surface area (Å²) in [6.45, 7) is 5.10. The van der Waals surface area contributed by atoms with Gasteiger partial charge in [0.05, 0.1) is 7.11 Å². The quantitative estimate of drug-likeness (QED) is 0.749. The van der Waals surface area contributed by atoms with E-state index in [1.807, 2.05) is 43.3 Å². The summed E-state index contributed by atoms with van der Waals surface area (Å²) in [4.78, 5) is 0. The maximum Gasteiger partial charge on any atom is 0.161 e. The van der Waals surface area contributed by atoms with Crippen molar-refractivity contribution in [1.82, 2.24) is 0 Å². The van der Waals surface area contributed by atoms with Crippen LogP contribution in [-0.4, -0.2) is 20.3 Å². The highest BCUT2D eigenvalue weighted by atomic mass is 16.5. The van der Waals surface area contributed by atoms with E-state index < -0.39 is 0 Å². The minimum absolute atomic E-state index is 0.480. The zero-order chi connectivity index (χ0) is 14.4. The Morgan fingerprint density at radius 3 is 2.10 bits per heavy atom. The molecule has 0 radical (unpaired) electrons. The average Bonchev–Trinajstić information content (AvgIpc) is 2.46. The minimum atomic E-state index is 0.480. The van der Waals surface area contributed by atoms with E-state index in [1.165, 1.54) is 5.56 Å². The summed E-state index contributed by atoms with van der Waals surface area (Å²) in [5.74, 6) is 2.37. The lowest BCUT2D eigenvalue weighted by Gasteiger charge is -2.12. The maximum atomic E-state index is 5.72. The average molecular weight is 272 g/mol. The van der Waals surface area contributed by atoms with Gasteiger partial charge in [-0.05, 0) is 37.6 Å². The van der Waals surface area contributed by atoms with Crippen LogP contribution < -0.4 is 14.2 Å². The van der Waals surface area contributed by atoms with Gasteiger partial charge in [0.2, 0.25) is 0 Å². The van der Waals surface area contributed by atoms with Gasteiger partial charge < -0.3 is 14.2 Å². The summed E-state index contributed by atoms with van der Waals surface area (Å²) in [7, 11) is 1.63. The summed E-state index contributed by atoms with van der Waals surface area (Å²) in [6, 6.07) is 13.7. The Balaban J connectivity index is 1.84. The van der Waals surface area contributed by atoms with Crippen molar-refractivity contribution in [2.75, 3.05) is 20.3 Å². The number of aryl methyl sites for hydroxylation is 2. The van der Waals surface area contributed by atoms with Gasteiger partial charge in [-0.1, -0.05) is 29.8 Å². The fourth-order valence-corrected chi connectivity index (χ4v) is 2.00. The van der Waals surface area contributed by atoms with Gasteiger partial charge in [-0.3, -0.25) is 0 Å². The molecule has 0 heterocycles. The van der Waals surface area contributed by atoms with E-state index in [4.69, 9.17) is 14.2 Å². The van der Waals surface area contributed by atoms with Gasteiger partial charge in [0.1, 0.15) is 19.0 Å². The molecule has 0 bridgehead atoms. The van der Waals surface area contributed by atoms with Gasteiger partial charge in [-0.25, -0.2) is 0 Å². The molecule has 0 aliphatic heterocycles. The highest BCUT2D eigenvalue weighted by Gasteiger charge is 2.03. The van der Waals surface area contributed by atoms with Crippen molar-refractivity contribution in [1.29, 1.82) is 0 Å². The van der Waals surface area contributed by atoms with Crippen LogP contribution in [0.2, 0.25) is 0 Å². The maximum absolute atomic E-state index is 5.72. The van der Waals surface area contributed by atoms with E-state index in [0.29, 0.717) is 13.2 Å². The number of benzene rings is 2. The summed E-state index contributed by atoms with van der Waals surface area (Å²) < 4.78 is 16.6. The van der Waals surface area contributed by atoms with Crippen molar-refractivity contribution in [3.8, 4) is 17.2 Å². The standard InChI is InChI=1S/C17H20O3/c1-13-8-9-15(14(2)12-13)19-10-11-20-17-7-5-4-6-16(17)18-3/h4-9,12H,10-11H2,1-3H3. The molecular formula is C17H20O3. The van der Waals surface area contributed by atoms with Gasteiger partial charge in [-0.2, -0.15) is 0 Å². The number of hydrogen-bond donors (Lipinski definition) is 0. The fraction of sp³-hybridized carbons (Fsp3) is 0.294. The first-order valence-corrected chi connectivity index (χ1v) is 6.66. The van der Waals surface area contributed by atoms with Crippen LogP contribution in [-0.2, 0) is 0 Å². The van der Waals surface area contributed by atoms with Gasteiger partial charge in [0.15, 0.2) is 11.5 Å². The Morgan fingerprint density at radius 2 is 1.45 bits per heavy atom. The molecule has 0 fully saturated rings. The summed E-state index contributed by atoms with van der Waals surface area (Å²) in [5.41, 5.74) is 2.38. The van der Waals surface area contributed by atoms with Crippen LogP contribution in [0.15, 0.2) is 42.5 Å². The van der Waals surface area contributed by atoms with Crippen molar-refractivity contribution in [2.24, 2.45) is 0 Å². The molecule has 106 valence electrons. The molecule has 0 unspecified atom stereocenters. The summed E-state index contributed by atoms with van der Waals surface area (Å²) in [5, 5.41) is 0. The van der Waals surface area contributed by atoms with Crippen molar-refractivity contribution in [3.63, 3.8) is 0 Å². The van der Waals surface area contributed by atoms with Crippen LogP contribution in [0.4, 0.5) is 0 Å². The smallest absolute Gasteiger partial charge is 0.161 e. The predicted molar refractivity (Wildman–Crippen MR) is 79.9 cm³/mol. The molecule has 0 saturated carbocycles. The lowest BCUT2D eigenvalue weighted by Crippen LogP contribution is -2.10. The minimum Gasteiger partial charge on any atom is -0.493 e. The molecule has 0 N–H and O–H groups in total. The Morgan fingerprint density at radius 1 is 0.800 bits per heavy atom. The van der Waals surface area contributed by atoms with Crippen LogP contribution >= 0.6 is 0 Å². The molecule has 20 heavy (non-hydrogen) atoms. The number of methoxy groups -OCH3 is 1. The number of para-hydroxylation sites is 2. The van der Waals surface area contributed by atoms with Crippen molar-refractivity contribution >= 4 is 0 Å². The predicted octanol–water partition coefficient (Wildman–Crippen LogP) is 3.77. The van der Waals surface area contributed by atoms with Crippen molar-refractivity contribution in [2.45, 2.75) is 13.8 Å². The van der Waals surface area contributed by atoms with E-state index in [9.17, 15) is 0 Å². The number of ether oxygens (including phenoxy) is 3.